The van der Waals surface area contributed by atoms with Crippen LogP contribution in [0.1, 0.15) is 59.8 Å². The summed E-state index contributed by atoms with van der Waals surface area (Å²) in [7, 11) is 0. The number of nitrogens with zero attached hydrogens (tertiary/aromatic N) is 1. The Morgan fingerprint density at radius 1 is 1.25 bits per heavy atom. The first kappa shape index (κ1) is 21.1. The molecule has 4 atom stereocenters. The average molecular weight is 440 g/mol. The van der Waals surface area contributed by atoms with Gasteiger partial charge < -0.3 is 24.8 Å². The molecule has 170 valence electrons. The summed E-state index contributed by atoms with van der Waals surface area (Å²) < 4.78 is 12.9. The normalized spacial score (nSPS) is 28.3. The molecule has 7 nitrogen and oxygen atoms in total. The first-order valence-corrected chi connectivity index (χ1v) is 11.1. The van der Waals surface area contributed by atoms with E-state index in [9.17, 15) is 20.1 Å². The Kier molecular flexibility index (Phi) is 4.87. The summed E-state index contributed by atoms with van der Waals surface area (Å²) in [5.74, 6) is -0.515. The molecule has 2 saturated heterocycles. The summed E-state index contributed by atoms with van der Waals surface area (Å²) in [6.07, 6.45) is 1.72. The smallest absolute Gasteiger partial charge is 0.339 e. The zero-order valence-electron chi connectivity index (χ0n) is 18.5. The Labute approximate surface area is 187 Å². The molecule has 3 aliphatic rings. The predicted octanol–water partition coefficient (Wildman–Crippen LogP) is 4.00. The molecule has 2 aromatic carbocycles. The standard InChI is InChI=1S/C25H29NO6/c1-13-9-14(10-16(21(13)28)24(29)30)12-26-8-7-20-18(26)11-17-22(31-20)15-5-4-6-19(27)23(15)32-25(17,2)3/h4-6,9-10,17-18,20,22,27-28H,7-8,11-12H2,1-3H3,(H,29,30)/t17-,18-,20-,22+/m1/s1. The fourth-order valence-electron chi connectivity index (χ4n) is 5.71. The summed E-state index contributed by atoms with van der Waals surface area (Å²) in [5.41, 5.74) is 1.78. The third kappa shape index (κ3) is 3.31. The summed E-state index contributed by atoms with van der Waals surface area (Å²) in [6.45, 7) is 7.27. The van der Waals surface area contributed by atoms with E-state index in [0.717, 1.165) is 30.5 Å². The van der Waals surface area contributed by atoms with Crippen LogP contribution in [0.15, 0.2) is 30.3 Å². The van der Waals surface area contributed by atoms with Crippen LogP contribution in [0.2, 0.25) is 0 Å². The van der Waals surface area contributed by atoms with Gasteiger partial charge in [0.25, 0.3) is 0 Å². The second-order valence-electron chi connectivity index (χ2n) is 9.78. The molecule has 0 aromatic heterocycles. The monoisotopic (exact) mass is 439 g/mol. The van der Waals surface area contributed by atoms with Gasteiger partial charge in [0.05, 0.1) is 12.2 Å². The number of carboxylic acid groups (broad SMARTS) is 1. The number of fused-ring (bicyclic) bond motifs is 4. The Bertz CT molecular complexity index is 1080. The van der Waals surface area contributed by atoms with E-state index in [2.05, 4.69) is 4.90 Å². The number of hydrogen-bond donors (Lipinski definition) is 3. The third-order valence-electron chi connectivity index (χ3n) is 7.35. The molecular weight excluding hydrogens is 410 g/mol. The van der Waals surface area contributed by atoms with Gasteiger partial charge in [-0.2, -0.15) is 0 Å². The van der Waals surface area contributed by atoms with Crippen LogP contribution >= 0.6 is 0 Å². The first-order chi connectivity index (χ1) is 15.2. The van der Waals surface area contributed by atoms with E-state index in [1.165, 1.54) is 0 Å². The molecule has 0 bridgehead atoms. The second kappa shape index (κ2) is 7.39. The van der Waals surface area contributed by atoms with Crippen LogP contribution in [0.25, 0.3) is 0 Å². The van der Waals surface area contributed by atoms with Crippen LogP contribution in [0, 0.1) is 12.8 Å². The van der Waals surface area contributed by atoms with Gasteiger partial charge in [0.2, 0.25) is 0 Å². The Hall–Kier alpha value is -2.77. The number of phenolic OH excluding ortho intramolecular Hbond substituents is 1. The minimum absolute atomic E-state index is 0.0612. The molecular formula is C25H29NO6. The number of para-hydroxylation sites is 1. The van der Waals surface area contributed by atoms with E-state index in [-0.39, 0.29) is 41.2 Å². The Morgan fingerprint density at radius 3 is 2.78 bits per heavy atom. The molecule has 0 unspecified atom stereocenters. The molecule has 0 aliphatic carbocycles. The van der Waals surface area contributed by atoms with Crippen LogP contribution < -0.4 is 4.74 Å². The number of aromatic carboxylic acids is 1. The molecule has 5 rings (SSSR count). The van der Waals surface area contributed by atoms with Crippen molar-refractivity contribution in [1.29, 1.82) is 0 Å². The van der Waals surface area contributed by atoms with Gasteiger partial charge in [-0.15, -0.1) is 0 Å². The van der Waals surface area contributed by atoms with Crippen LogP contribution in [-0.4, -0.2) is 50.5 Å². The fourth-order valence-corrected chi connectivity index (χ4v) is 5.71. The van der Waals surface area contributed by atoms with Crippen LogP contribution in [-0.2, 0) is 11.3 Å². The zero-order valence-corrected chi connectivity index (χ0v) is 18.5. The Balaban J connectivity index is 1.41. The highest BCUT2D eigenvalue weighted by molar-refractivity contribution is 5.91. The summed E-state index contributed by atoms with van der Waals surface area (Å²) in [6, 6.07) is 9.06. The van der Waals surface area contributed by atoms with Crippen molar-refractivity contribution in [1.82, 2.24) is 4.90 Å². The van der Waals surface area contributed by atoms with Crippen molar-refractivity contribution in [2.45, 2.75) is 64.0 Å². The fraction of sp³-hybridized carbons (Fsp3) is 0.480. The number of phenols is 2. The van der Waals surface area contributed by atoms with Gasteiger partial charge in [-0.25, -0.2) is 4.79 Å². The molecule has 0 spiro atoms. The minimum atomic E-state index is -1.13. The molecule has 7 heteroatoms. The number of ether oxygens (including phenoxy) is 2. The highest BCUT2D eigenvalue weighted by Crippen LogP contribution is 2.54. The lowest BCUT2D eigenvalue weighted by atomic mass is 9.74. The van der Waals surface area contributed by atoms with Crippen LogP contribution in [0.4, 0.5) is 0 Å². The maximum Gasteiger partial charge on any atom is 0.339 e. The van der Waals surface area contributed by atoms with Crippen LogP contribution in [0.3, 0.4) is 0 Å². The third-order valence-corrected chi connectivity index (χ3v) is 7.35. The van der Waals surface area contributed by atoms with E-state index < -0.39 is 11.6 Å². The summed E-state index contributed by atoms with van der Waals surface area (Å²) in [4.78, 5) is 13.9. The summed E-state index contributed by atoms with van der Waals surface area (Å²) in [5, 5.41) is 29.8. The van der Waals surface area contributed by atoms with Crippen LogP contribution in [0.5, 0.6) is 17.2 Å². The molecule has 32 heavy (non-hydrogen) atoms. The number of aryl methyl sites for hydroxylation is 1. The number of carboxylic acids is 1. The lowest BCUT2D eigenvalue weighted by molar-refractivity contribution is -0.163. The number of carbonyl (C=O) groups is 1. The molecule has 3 aliphatic heterocycles. The van der Waals surface area contributed by atoms with E-state index in [4.69, 9.17) is 9.47 Å². The topological polar surface area (TPSA) is 99.5 Å². The Morgan fingerprint density at radius 2 is 2.03 bits per heavy atom. The van der Waals surface area contributed by atoms with Gasteiger partial charge in [-0.3, -0.25) is 4.90 Å². The van der Waals surface area contributed by atoms with Crippen molar-refractivity contribution in [2.75, 3.05) is 6.54 Å². The number of hydrogen-bond acceptors (Lipinski definition) is 6. The largest absolute Gasteiger partial charge is 0.507 e. The molecule has 0 amide bonds. The number of aromatic hydroxyl groups is 2. The van der Waals surface area contributed by atoms with E-state index in [1.54, 1.807) is 19.1 Å². The highest BCUT2D eigenvalue weighted by atomic mass is 16.5. The number of benzene rings is 2. The van der Waals surface area contributed by atoms with Gasteiger partial charge >= 0.3 is 5.97 Å². The maximum atomic E-state index is 11.5. The first-order valence-electron chi connectivity index (χ1n) is 11.1. The summed E-state index contributed by atoms with van der Waals surface area (Å²) >= 11 is 0. The molecule has 2 aromatic rings. The van der Waals surface area contributed by atoms with E-state index >= 15 is 0 Å². The molecule has 0 saturated carbocycles. The quantitative estimate of drug-likeness (QED) is 0.665. The van der Waals surface area contributed by atoms with Crippen molar-refractivity contribution >= 4 is 5.97 Å². The molecule has 3 heterocycles. The lowest BCUT2D eigenvalue weighted by Crippen LogP contribution is -2.53. The van der Waals surface area contributed by atoms with Gasteiger partial charge in [-0.1, -0.05) is 18.2 Å². The van der Waals surface area contributed by atoms with Gasteiger partial charge in [-0.05, 0) is 56.9 Å². The van der Waals surface area contributed by atoms with Crippen molar-refractivity contribution in [3.8, 4) is 17.2 Å². The van der Waals surface area contributed by atoms with Gasteiger partial charge in [0.1, 0.15) is 16.9 Å². The highest BCUT2D eigenvalue weighted by Gasteiger charge is 2.53. The second-order valence-corrected chi connectivity index (χ2v) is 9.78. The van der Waals surface area contributed by atoms with Gasteiger partial charge in [0, 0.05) is 30.6 Å². The lowest BCUT2D eigenvalue weighted by Gasteiger charge is -2.50. The average Bonchev–Trinajstić information content (AvgIpc) is 3.12. The minimum Gasteiger partial charge on any atom is -0.507 e. The maximum absolute atomic E-state index is 11.5. The molecule has 2 fully saturated rings. The molecule has 0 radical (unpaired) electrons. The van der Waals surface area contributed by atoms with Crippen molar-refractivity contribution in [2.24, 2.45) is 5.92 Å². The predicted molar refractivity (Wildman–Crippen MR) is 117 cm³/mol. The van der Waals surface area contributed by atoms with Crippen molar-refractivity contribution in [3.63, 3.8) is 0 Å². The number of likely N-dealkylation sites (tertiary alicyclic amines) is 1. The SMILES string of the molecule is Cc1cc(CN2CC[C@H]3O[C@H]4c5cccc(O)c5OC(C)(C)[C@@H]4C[C@H]32)cc(C(=O)O)c1O. The van der Waals surface area contributed by atoms with E-state index in [1.807, 2.05) is 32.0 Å². The van der Waals surface area contributed by atoms with Gasteiger partial charge in [0.15, 0.2) is 11.5 Å². The number of rotatable bonds is 3. The van der Waals surface area contributed by atoms with Crippen molar-refractivity contribution in [3.05, 3.63) is 52.6 Å². The van der Waals surface area contributed by atoms with Crippen molar-refractivity contribution < 1.29 is 29.6 Å². The van der Waals surface area contributed by atoms with E-state index in [0.29, 0.717) is 17.9 Å². The molecule has 3 N–H and O–H groups in total. The zero-order chi connectivity index (χ0) is 22.8.